The molecule has 2 aliphatic rings. The lowest BCUT2D eigenvalue weighted by Crippen LogP contribution is -2.45. The van der Waals surface area contributed by atoms with Gasteiger partial charge in [-0.1, -0.05) is 46.2 Å². The summed E-state index contributed by atoms with van der Waals surface area (Å²) in [7, 11) is 0. The first-order chi connectivity index (χ1) is 9.95. The fraction of sp³-hybridized carbons (Fsp3) is 0.700. The molecule has 0 aliphatic heterocycles. The molecule has 3 rings (SSSR count). The molecule has 116 valence electrons. The Morgan fingerprint density at radius 3 is 2.43 bits per heavy atom. The van der Waals surface area contributed by atoms with Gasteiger partial charge in [-0.05, 0) is 66.5 Å². The summed E-state index contributed by atoms with van der Waals surface area (Å²) in [6, 6.07) is 9.80. The summed E-state index contributed by atoms with van der Waals surface area (Å²) in [5.41, 5.74) is 3.70. The second kappa shape index (κ2) is 5.34. The van der Waals surface area contributed by atoms with Crippen LogP contribution >= 0.6 is 0 Å². The molecule has 21 heavy (non-hydrogen) atoms. The molecule has 2 fully saturated rings. The quantitative estimate of drug-likeness (QED) is 0.736. The Hall–Kier alpha value is -0.980. The highest BCUT2D eigenvalue weighted by Crippen LogP contribution is 2.63. The van der Waals surface area contributed by atoms with Crippen molar-refractivity contribution in [2.75, 3.05) is 5.32 Å². The molecule has 1 aromatic rings. The van der Waals surface area contributed by atoms with Crippen LogP contribution in [0, 0.1) is 16.7 Å². The first kappa shape index (κ1) is 14.9. The molecule has 2 saturated carbocycles. The number of nitrogens with one attached hydrogen (secondary N) is 1. The van der Waals surface area contributed by atoms with Gasteiger partial charge in [0.25, 0.3) is 0 Å². The summed E-state index contributed by atoms with van der Waals surface area (Å²) < 4.78 is 0. The van der Waals surface area contributed by atoms with Gasteiger partial charge < -0.3 is 5.32 Å². The van der Waals surface area contributed by atoms with Crippen molar-refractivity contribution in [3.8, 4) is 0 Å². The van der Waals surface area contributed by atoms with Gasteiger partial charge in [0.15, 0.2) is 0 Å². The van der Waals surface area contributed by atoms with Crippen LogP contribution < -0.4 is 5.32 Å². The van der Waals surface area contributed by atoms with E-state index in [1.54, 1.807) is 0 Å². The van der Waals surface area contributed by atoms with E-state index < -0.39 is 0 Å². The molecule has 0 saturated heterocycles. The Kier molecular flexibility index (Phi) is 3.80. The number of unbranched alkanes of at least 4 members (excludes halogenated alkanes) is 1. The molecule has 3 unspecified atom stereocenters. The van der Waals surface area contributed by atoms with E-state index in [2.05, 4.69) is 57.3 Å². The van der Waals surface area contributed by atoms with Crippen molar-refractivity contribution in [1.82, 2.24) is 0 Å². The van der Waals surface area contributed by atoms with E-state index in [0.717, 1.165) is 5.92 Å². The molecule has 0 spiro atoms. The maximum absolute atomic E-state index is 3.89. The molecular formula is C20H31N. The number of hydrogen-bond donors (Lipinski definition) is 1. The number of aryl methyl sites for hydroxylation is 1. The maximum Gasteiger partial charge on any atom is 0.0368 e. The van der Waals surface area contributed by atoms with Crippen LogP contribution in [-0.2, 0) is 6.42 Å². The summed E-state index contributed by atoms with van der Waals surface area (Å²) in [5, 5.41) is 3.89. The largest absolute Gasteiger partial charge is 0.381 e. The van der Waals surface area contributed by atoms with E-state index in [4.69, 9.17) is 0 Å². The zero-order chi connectivity index (χ0) is 15.1. The first-order valence-corrected chi connectivity index (χ1v) is 8.81. The summed E-state index contributed by atoms with van der Waals surface area (Å²) in [5.74, 6) is 0.906. The Morgan fingerprint density at radius 1 is 1.14 bits per heavy atom. The molecule has 1 aromatic carbocycles. The number of benzene rings is 1. The van der Waals surface area contributed by atoms with Crippen LogP contribution in [0.2, 0.25) is 0 Å². The molecule has 0 aromatic heterocycles. The van der Waals surface area contributed by atoms with Gasteiger partial charge in [0.1, 0.15) is 0 Å². The Bertz CT molecular complexity index is 482. The van der Waals surface area contributed by atoms with Gasteiger partial charge in [-0.2, -0.15) is 0 Å². The molecule has 0 radical (unpaired) electrons. The first-order valence-electron chi connectivity index (χ1n) is 8.81. The predicted molar refractivity (Wildman–Crippen MR) is 91.7 cm³/mol. The predicted octanol–water partition coefficient (Wildman–Crippen LogP) is 5.66. The van der Waals surface area contributed by atoms with Crippen LogP contribution in [0.4, 0.5) is 5.69 Å². The summed E-state index contributed by atoms with van der Waals surface area (Å²) in [6.45, 7) is 9.69. The van der Waals surface area contributed by atoms with E-state index in [0.29, 0.717) is 16.9 Å². The van der Waals surface area contributed by atoms with Crippen LogP contribution in [0.5, 0.6) is 0 Å². The van der Waals surface area contributed by atoms with Crippen molar-refractivity contribution in [3.05, 3.63) is 29.8 Å². The molecule has 2 bridgehead atoms. The zero-order valence-corrected chi connectivity index (χ0v) is 14.2. The third kappa shape index (κ3) is 2.60. The summed E-state index contributed by atoms with van der Waals surface area (Å²) >= 11 is 0. The minimum atomic E-state index is 0.424. The third-order valence-corrected chi connectivity index (χ3v) is 6.35. The highest BCUT2D eigenvalue weighted by molar-refractivity contribution is 5.47. The minimum Gasteiger partial charge on any atom is -0.381 e. The van der Waals surface area contributed by atoms with Gasteiger partial charge in [0, 0.05) is 11.7 Å². The van der Waals surface area contributed by atoms with Gasteiger partial charge in [-0.15, -0.1) is 0 Å². The highest BCUT2D eigenvalue weighted by atomic mass is 15.0. The molecule has 1 N–H and O–H groups in total. The number of rotatable bonds is 5. The summed E-state index contributed by atoms with van der Waals surface area (Å²) in [6.07, 6.45) is 8.01. The van der Waals surface area contributed by atoms with Crippen LogP contribution in [0.15, 0.2) is 24.3 Å². The lowest BCUT2D eigenvalue weighted by atomic mass is 9.68. The van der Waals surface area contributed by atoms with Gasteiger partial charge in [0.05, 0.1) is 0 Å². The van der Waals surface area contributed by atoms with Crippen LogP contribution in [-0.4, -0.2) is 6.04 Å². The zero-order valence-electron chi connectivity index (χ0n) is 14.2. The average Bonchev–Trinajstić information content (AvgIpc) is 2.94. The number of anilines is 1. The fourth-order valence-corrected chi connectivity index (χ4v) is 4.98. The molecule has 2 aliphatic carbocycles. The normalized spacial score (nSPS) is 33.3. The minimum absolute atomic E-state index is 0.424. The molecule has 0 heterocycles. The second-order valence-electron chi connectivity index (χ2n) is 8.29. The molecule has 3 atom stereocenters. The standard InChI is InChI=1S/C20H31N/c1-5-6-7-15-8-10-17(11-9-15)21-18-19(2,3)16-12-13-20(18,4)14-16/h8-11,16,18,21H,5-7,12-14H2,1-4H3. The SMILES string of the molecule is CCCCc1ccc(NC2C3(C)CCC(C3)C2(C)C)cc1. The van der Waals surface area contributed by atoms with Crippen LogP contribution in [0.25, 0.3) is 0 Å². The lowest BCUT2D eigenvalue weighted by Gasteiger charge is -2.43. The van der Waals surface area contributed by atoms with Crippen molar-refractivity contribution in [1.29, 1.82) is 0 Å². The molecule has 0 amide bonds. The lowest BCUT2D eigenvalue weighted by molar-refractivity contribution is 0.155. The second-order valence-corrected chi connectivity index (χ2v) is 8.29. The van der Waals surface area contributed by atoms with Gasteiger partial charge >= 0.3 is 0 Å². The molecule has 1 heteroatoms. The highest BCUT2D eigenvalue weighted by Gasteiger charge is 2.59. The monoisotopic (exact) mass is 285 g/mol. The van der Waals surface area contributed by atoms with Crippen LogP contribution in [0.3, 0.4) is 0 Å². The van der Waals surface area contributed by atoms with Crippen molar-refractivity contribution >= 4 is 5.69 Å². The van der Waals surface area contributed by atoms with Crippen molar-refractivity contribution in [2.24, 2.45) is 16.7 Å². The maximum atomic E-state index is 3.89. The Balaban J connectivity index is 1.71. The Morgan fingerprint density at radius 2 is 1.86 bits per heavy atom. The molecule has 1 nitrogen and oxygen atoms in total. The van der Waals surface area contributed by atoms with Gasteiger partial charge in [-0.3, -0.25) is 0 Å². The van der Waals surface area contributed by atoms with E-state index in [9.17, 15) is 0 Å². The average molecular weight is 285 g/mol. The topological polar surface area (TPSA) is 12.0 Å². The van der Waals surface area contributed by atoms with E-state index >= 15 is 0 Å². The molecular weight excluding hydrogens is 254 g/mol. The fourth-order valence-electron chi connectivity index (χ4n) is 4.98. The number of fused-ring (bicyclic) bond motifs is 2. The Labute approximate surface area is 130 Å². The van der Waals surface area contributed by atoms with Gasteiger partial charge in [-0.25, -0.2) is 0 Å². The van der Waals surface area contributed by atoms with Crippen molar-refractivity contribution in [3.63, 3.8) is 0 Å². The van der Waals surface area contributed by atoms with E-state index in [-0.39, 0.29) is 0 Å². The smallest absolute Gasteiger partial charge is 0.0368 e. The van der Waals surface area contributed by atoms with Crippen LogP contribution in [0.1, 0.15) is 65.4 Å². The number of hydrogen-bond acceptors (Lipinski definition) is 1. The van der Waals surface area contributed by atoms with E-state index in [1.807, 2.05) is 0 Å². The summed E-state index contributed by atoms with van der Waals surface area (Å²) in [4.78, 5) is 0. The van der Waals surface area contributed by atoms with E-state index in [1.165, 1.54) is 49.8 Å². The third-order valence-electron chi connectivity index (χ3n) is 6.35. The van der Waals surface area contributed by atoms with Gasteiger partial charge in [0.2, 0.25) is 0 Å². The van der Waals surface area contributed by atoms with Crippen molar-refractivity contribution in [2.45, 2.75) is 72.3 Å². The van der Waals surface area contributed by atoms with Crippen molar-refractivity contribution < 1.29 is 0 Å².